The lowest BCUT2D eigenvalue weighted by Crippen LogP contribution is -2.56. The normalized spacial score (nSPS) is 19.6. The summed E-state index contributed by atoms with van der Waals surface area (Å²) < 4.78 is 22.3. The molecule has 3 atom stereocenters. The monoisotopic (exact) mass is 582 g/mol. The number of aryl methyl sites for hydroxylation is 1. The number of hydrogen-bond donors (Lipinski definition) is 5. The van der Waals surface area contributed by atoms with E-state index >= 15 is 0 Å². The highest BCUT2D eigenvalue weighted by Gasteiger charge is 2.45. The number of amides is 2. The Morgan fingerprint density at radius 1 is 1.19 bits per heavy atom. The largest absolute Gasteiger partial charge is 0.508 e. The Balaban J connectivity index is 1.62. The first-order valence-corrected chi connectivity index (χ1v) is 13.2. The summed E-state index contributed by atoms with van der Waals surface area (Å²) in [6.07, 6.45) is -2.20. The number of ether oxygens (including phenoxy) is 3. The minimum atomic E-state index is -1.37. The maximum absolute atomic E-state index is 13.0. The number of phenolic OH excluding ortho intramolecular Hbond substituents is 1. The lowest BCUT2D eigenvalue weighted by Gasteiger charge is -2.42. The Morgan fingerprint density at radius 3 is 2.57 bits per heavy atom. The number of phenols is 1. The lowest BCUT2D eigenvalue weighted by molar-refractivity contribution is -0.261. The fourth-order valence-corrected chi connectivity index (χ4v) is 4.69. The van der Waals surface area contributed by atoms with Gasteiger partial charge >= 0.3 is 11.7 Å². The van der Waals surface area contributed by atoms with Crippen LogP contribution in [0.4, 0.5) is 10.5 Å². The number of nitrogens with one attached hydrogen (secondary N) is 1. The minimum Gasteiger partial charge on any atom is -0.508 e. The van der Waals surface area contributed by atoms with Crippen molar-refractivity contribution in [3.8, 4) is 17.2 Å². The van der Waals surface area contributed by atoms with Crippen LogP contribution in [0.5, 0.6) is 17.2 Å². The minimum absolute atomic E-state index is 0.0175. The highest BCUT2D eigenvalue weighted by Crippen LogP contribution is 2.38. The van der Waals surface area contributed by atoms with Gasteiger partial charge in [0, 0.05) is 17.5 Å². The van der Waals surface area contributed by atoms with Crippen molar-refractivity contribution in [1.82, 2.24) is 0 Å². The van der Waals surface area contributed by atoms with Crippen LogP contribution in [0.1, 0.15) is 55.6 Å². The fraction of sp³-hybridized carbons (Fsp3) is 0.367. The molecular formula is C30H34N2O10. The van der Waals surface area contributed by atoms with E-state index in [9.17, 15) is 29.7 Å². The zero-order valence-corrected chi connectivity index (χ0v) is 23.9. The van der Waals surface area contributed by atoms with Crippen LogP contribution in [0.15, 0.2) is 51.2 Å². The van der Waals surface area contributed by atoms with Crippen molar-refractivity contribution in [2.24, 2.45) is 5.73 Å². The predicted octanol–water partition coefficient (Wildman–Crippen LogP) is 4.00. The first-order valence-electron chi connectivity index (χ1n) is 13.2. The first-order chi connectivity index (χ1) is 19.7. The van der Waals surface area contributed by atoms with Gasteiger partial charge in [-0.15, -0.1) is 0 Å². The number of rotatable bonds is 7. The standard InChI is InChI=1S/C30H34N2O10/c1-14(2)6-7-16-12-17(8-10-19(16)33)26(36)32-22-23(34)18-9-11-20(15(3)25(18)41-27(22)37)39-28-24(35)21(40-29(31)38)13-30(4,5)42-28/h6,8-12,21,24,28,33-35H,7,13H2,1-5H3,(H2,31,38)(H,32,36)/t21-,24-,28-/m1/s1. The van der Waals surface area contributed by atoms with E-state index in [1.165, 1.54) is 30.3 Å². The number of nitrogens with two attached hydrogens (primary N) is 1. The molecule has 2 heterocycles. The zero-order chi connectivity index (χ0) is 30.9. The Labute approximate surface area is 241 Å². The number of carbonyl (C=O) groups is 2. The van der Waals surface area contributed by atoms with Crippen molar-refractivity contribution in [2.45, 2.75) is 71.6 Å². The van der Waals surface area contributed by atoms with Crippen molar-refractivity contribution in [3.63, 3.8) is 0 Å². The third-order valence-electron chi connectivity index (χ3n) is 6.86. The van der Waals surface area contributed by atoms with Crippen LogP contribution in [0, 0.1) is 6.92 Å². The van der Waals surface area contributed by atoms with Crippen LogP contribution in [0.25, 0.3) is 11.0 Å². The number of anilines is 1. The van der Waals surface area contributed by atoms with Crippen LogP contribution in [-0.2, 0) is 15.9 Å². The first kappa shape index (κ1) is 30.4. The number of hydrogen-bond acceptors (Lipinski definition) is 10. The highest BCUT2D eigenvalue weighted by atomic mass is 16.7. The molecule has 2 aromatic carbocycles. The van der Waals surface area contributed by atoms with Gasteiger partial charge < -0.3 is 45.0 Å². The molecule has 1 saturated heterocycles. The Morgan fingerprint density at radius 2 is 1.90 bits per heavy atom. The molecule has 0 saturated carbocycles. The van der Waals surface area contributed by atoms with E-state index in [0.29, 0.717) is 17.5 Å². The molecule has 12 nitrogen and oxygen atoms in total. The molecule has 1 aliphatic rings. The summed E-state index contributed by atoms with van der Waals surface area (Å²) in [6.45, 7) is 8.86. The quantitative estimate of drug-likeness (QED) is 0.201. The van der Waals surface area contributed by atoms with Crippen molar-refractivity contribution < 1.29 is 43.5 Å². The third-order valence-corrected chi connectivity index (χ3v) is 6.86. The van der Waals surface area contributed by atoms with Gasteiger partial charge in [0.25, 0.3) is 5.91 Å². The smallest absolute Gasteiger partial charge is 0.404 e. The number of carbonyl (C=O) groups excluding carboxylic acids is 2. The molecule has 1 aromatic heterocycles. The predicted molar refractivity (Wildman–Crippen MR) is 153 cm³/mol. The molecule has 6 N–H and O–H groups in total. The molecule has 0 radical (unpaired) electrons. The average molecular weight is 583 g/mol. The summed E-state index contributed by atoms with van der Waals surface area (Å²) in [5.74, 6) is -1.02. The molecule has 0 aliphatic carbocycles. The molecule has 2 amide bonds. The maximum atomic E-state index is 13.0. The van der Waals surface area contributed by atoms with E-state index in [1.54, 1.807) is 20.8 Å². The van der Waals surface area contributed by atoms with Crippen molar-refractivity contribution in [1.29, 1.82) is 0 Å². The molecule has 4 rings (SSSR count). The Bertz CT molecular complexity index is 1620. The van der Waals surface area contributed by atoms with Crippen molar-refractivity contribution in [2.75, 3.05) is 5.32 Å². The summed E-state index contributed by atoms with van der Waals surface area (Å²) in [4.78, 5) is 37.2. The second-order valence-corrected chi connectivity index (χ2v) is 11.0. The molecule has 12 heteroatoms. The molecule has 0 spiro atoms. The molecule has 1 aliphatic heterocycles. The van der Waals surface area contributed by atoms with Crippen LogP contribution < -0.4 is 21.4 Å². The third kappa shape index (κ3) is 6.50. The van der Waals surface area contributed by atoms with Gasteiger partial charge in [-0.05, 0) is 76.9 Å². The topological polar surface area (TPSA) is 191 Å². The van der Waals surface area contributed by atoms with Gasteiger partial charge in [0.15, 0.2) is 17.5 Å². The van der Waals surface area contributed by atoms with E-state index in [2.05, 4.69) is 5.32 Å². The number of aromatic hydroxyl groups is 2. The Kier molecular flexibility index (Phi) is 8.50. The Hall–Kier alpha value is -4.55. The van der Waals surface area contributed by atoms with Gasteiger partial charge in [0.05, 0.1) is 11.0 Å². The summed E-state index contributed by atoms with van der Waals surface area (Å²) in [5, 5.41) is 34.3. The number of allylic oxidation sites excluding steroid dienone is 2. The van der Waals surface area contributed by atoms with Gasteiger partial charge in [-0.25, -0.2) is 9.59 Å². The van der Waals surface area contributed by atoms with Gasteiger partial charge in [-0.3, -0.25) is 4.79 Å². The lowest BCUT2D eigenvalue weighted by atomic mass is 9.93. The van der Waals surface area contributed by atoms with Gasteiger partial charge in [0.2, 0.25) is 6.29 Å². The maximum Gasteiger partial charge on any atom is 0.404 e. The van der Waals surface area contributed by atoms with Crippen molar-refractivity contribution >= 4 is 28.7 Å². The second-order valence-electron chi connectivity index (χ2n) is 11.0. The van der Waals surface area contributed by atoms with Gasteiger partial charge in [-0.1, -0.05) is 11.6 Å². The molecule has 0 unspecified atom stereocenters. The van der Waals surface area contributed by atoms with E-state index in [4.69, 9.17) is 24.4 Å². The van der Waals surface area contributed by atoms with E-state index in [1.807, 2.05) is 19.9 Å². The van der Waals surface area contributed by atoms with E-state index in [-0.39, 0.29) is 34.5 Å². The van der Waals surface area contributed by atoms with Crippen molar-refractivity contribution in [3.05, 3.63) is 69.1 Å². The van der Waals surface area contributed by atoms with Crippen LogP contribution in [0.2, 0.25) is 0 Å². The molecule has 3 aromatic rings. The summed E-state index contributed by atoms with van der Waals surface area (Å²) in [7, 11) is 0. The van der Waals surface area contributed by atoms with Gasteiger partial charge in [0.1, 0.15) is 23.2 Å². The van der Waals surface area contributed by atoms with E-state index < -0.39 is 53.2 Å². The number of aliphatic hydroxyl groups is 1. The second kappa shape index (κ2) is 11.7. The summed E-state index contributed by atoms with van der Waals surface area (Å²) >= 11 is 0. The van der Waals surface area contributed by atoms with Crippen LogP contribution >= 0.6 is 0 Å². The summed E-state index contributed by atoms with van der Waals surface area (Å²) in [6, 6.07) is 7.17. The number of primary amides is 1. The molecule has 1 fully saturated rings. The number of aliphatic hydroxyl groups excluding tert-OH is 1. The van der Waals surface area contributed by atoms with Crippen LogP contribution in [0.3, 0.4) is 0 Å². The number of benzene rings is 2. The SMILES string of the molecule is CC(C)=CCc1cc(C(=O)Nc2c(O)c3ccc(O[C@@H]4OC(C)(C)C[C@@H](OC(N)=O)[C@H]4O)c(C)c3oc2=O)ccc1O. The number of fused-ring (bicyclic) bond motifs is 1. The average Bonchev–Trinajstić information content (AvgIpc) is 2.89. The molecule has 224 valence electrons. The fourth-order valence-electron chi connectivity index (χ4n) is 4.69. The molecule has 42 heavy (non-hydrogen) atoms. The highest BCUT2D eigenvalue weighted by molar-refractivity contribution is 6.06. The van der Waals surface area contributed by atoms with Gasteiger partial charge in [-0.2, -0.15) is 0 Å². The van der Waals surface area contributed by atoms with E-state index in [0.717, 1.165) is 5.57 Å². The van der Waals surface area contributed by atoms with Crippen LogP contribution in [-0.4, -0.2) is 51.4 Å². The molecule has 0 bridgehead atoms. The zero-order valence-electron chi connectivity index (χ0n) is 23.9. The summed E-state index contributed by atoms with van der Waals surface area (Å²) in [5.41, 5.74) is 4.83. The molecular weight excluding hydrogens is 548 g/mol.